The lowest BCUT2D eigenvalue weighted by Crippen LogP contribution is -2.41. The molecular weight excluding hydrogens is 461 g/mol. The molecule has 34 heavy (non-hydrogen) atoms. The van der Waals surface area contributed by atoms with Crippen molar-refractivity contribution in [3.8, 4) is 0 Å². The Hall–Kier alpha value is -2.35. The molecule has 0 N–H and O–H groups in total. The van der Waals surface area contributed by atoms with Crippen molar-refractivity contribution in [3.63, 3.8) is 0 Å². The number of likely N-dealkylation sites (tertiary alicyclic amines) is 1. The molecular formula is C26H31F3N2O2S. The van der Waals surface area contributed by atoms with Crippen LogP contribution in [0.15, 0.2) is 52.3 Å². The van der Waals surface area contributed by atoms with E-state index < -0.39 is 17.3 Å². The number of carbonyl (C=O) groups excluding carboxylic acids is 1. The van der Waals surface area contributed by atoms with Gasteiger partial charge in [-0.3, -0.25) is 0 Å². The highest BCUT2D eigenvalue weighted by Crippen LogP contribution is 2.49. The second-order valence-corrected chi connectivity index (χ2v) is 11.0. The molecule has 1 fully saturated rings. The topological polar surface area (TPSA) is 32.8 Å². The summed E-state index contributed by atoms with van der Waals surface area (Å²) in [6.07, 6.45) is -0.954. The van der Waals surface area contributed by atoms with Gasteiger partial charge in [0.15, 0.2) is 0 Å². The first-order chi connectivity index (χ1) is 16.0. The van der Waals surface area contributed by atoms with Gasteiger partial charge in [0.05, 0.1) is 16.9 Å². The van der Waals surface area contributed by atoms with Crippen LogP contribution in [0.25, 0.3) is 0 Å². The number of hydrogen-bond donors (Lipinski definition) is 0. The number of nitrogens with zero attached hydrogens (tertiary/aromatic N) is 2. The number of alkyl halides is 3. The summed E-state index contributed by atoms with van der Waals surface area (Å²) in [6, 6.07) is 11.9. The van der Waals surface area contributed by atoms with Gasteiger partial charge in [0.2, 0.25) is 0 Å². The third kappa shape index (κ3) is 5.82. The Morgan fingerprint density at radius 1 is 1.03 bits per heavy atom. The number of ether oxygens (including phenoxy) is 1. The lowest BCUT2D eigenvalue weighted by molar-refractivity contribution is -0.137. The molecule has 2 aromatic carbocycles. The lowest BCUT2D eigenvalue weighted by Gasteiger charge is -2.35. The summed E-state index contributed by atoms with van der Waals surface area (Å²) in [4.78, 5) is 18.0. The fourth-order valence-corrected chi connectivity index (χ4v) is 5.59. The van der Waals surface area contributed by atoms with Gasteiger partial charge in [-0.05, 0) is 82.7 Å². The fraction of sp³-hybridized carbons (Fsp3) is 0.500. The Bertz CT molecular complexity index is 1030. The Morgan fingerprint density at radius 3 is 2.38 bits per heavy atom. The van der Waals surface area contributed by atoms with Gasteiger partial charge in [0.25, 0.3) is 0 Å². The van der Waals surface area contributed by atoms with Gasteiger partial charge < -0.3 is 14.5 Å². The number of carbonyl (C=O) groups is 1. The zero-order chi connectivity index (χ0) is 24.5. The molecule has 4 rings (SSSR count). The molecule has 0 spiro atoms. The molecule has 0 radical (unpaired) electrons. The van der Waals surface area contributed by atoms with Crippen LogP contribution in [0.2, 0.25) is 0 Å². The standard InChI is InChI=1S/C26H31F3N2O2S/c1-25(2,3)33-24(32)30-15-12-18(13-16-30)7-6-14-31-20-8-4-5-9-22(20)34-23-11-10-19(17-21(23)31)26(27,28)29/h4-5,8-11,17-18H,6-7,12-16H2,1-3H3. The molecule has 2 heterocycles. The van der Waals surface area contributed by atoms with Crippen molar-refractivity contribution in [2.45, 2.75) is 68.0 Å². The van der Waals surface area contributed by atoms with Crippen molar-refractivity contribution in [2.75, 3.05) is 24.5 Å². The van der Waals surface area contributed by atoms with E-state index in [9.17, 15) is 18.0 Å². The van der Waals surface area contributed by atoms with E-state index in [4.69, 9.17) is 4.74 Å². The quantitative estimate of drug-likeness (QED) is 0.437. The van der Waals surface area contributed by atoms with E-state index in [1.165, 1.54) is 17.8 Å². The average molecular weight is 493 g/mol. The summed E-state index contributed by atoms with van der Waals surface area (Å²) in [6.45, 7) is 7.61. The van der Waals surface area contributed by atoms with E-state index in [-0.39, 0.29) is 6.09 Å². The van der Waals surface area contributed by atoms with Gasteiger partial charge in [-0.25, -0.2) is 4.79 Å². The molecule has 0 aliphatic carbocycles. The van der Waals surface area contributed by atoms with Crippen LogP contribution in [0.1, 0.15) is 52.0 Å². The zero-order valence-corrected chi connectivity index (χ0v) is 20.6. The molecule has 0 bridgehead atoms. The first kappa shape index (κ1) is 24.8. The van der Waals surface area contributed by atoms with Gasteiger partial charge >= 0.3 is 12.3 Å². The summed E-state index contributed by atoms with van der Waals surface area (Å²) in [7, 11) is 0. The van der Waals surface area contributed by atoms with Crippen molar-refractivity contribution < 1.29 is 22.7 Å². The van der Waals surface area contributed by atoms with Gasteiger partial charge in [-0.2, -0.15) is 13.2 Å². The predicted octanol–water partition coefficient (Wildman–Crippen LogP) is 7.74. The van der Waals surface area contributed by atoms with Crippen LogP contribution in [0.3, 0.4) is 0 Å². The SMILES string of the molecule is CC(C)(C)OC(=O)N1CCC(CCCN2c3ccccc3Sc3ccc(C(F)(F)F)cc32)CC1. The van der Waals surface area contributed by atoms with Crippen molar-refractivity contribution in [3.05, 3.63) is 48.0 Å². The van der Waals surface area contributed by atoms with E-state index in [0.29, 0.717) is 31.2 Å². The molecule has 0 atom stereocenters. The monoisotopic (exact) mass is 492 g/mol. The van der Waals surface area contributed by atoms with E-state index in [0.717, 1.165) is 47.2 Å². The first-order valence-electron chi connectivity index (χ1n) is 11.7. The van der Waals surface area contributed by atoms with Crippen molar-refractivity contribution in [1.82, 2.24) is 4.90 Å². The molecule has 8 heteroatoms. The molecule has 4 nitrogen and oxygen atoms in total. The fourth-order valence-electron chi connectivity index (χ4n) is 4.52. The van der Waals surface area contributed by atoms with E-state index in [2.05, 4.69) is 0 Å². The third-order valence-corrected chi connectivity index (χ3v) is 7.34. The highest BCUT2D eigenvalue weighted by molar-refractivity contribution is 7.99. The number of rotatable bonds is 4. The number of benzene rings is 2. The molecule has 2 aromatic rings. The van der Waals surface area contributed by atoms with Crippen molar-refractivity contribution >= 4 is 29.2 Å². The third-order valence-electron chi connectivity index (χ3n) is 6.21. The summed E-state index contributed by atoms with van der Waals surface area (Å²) < 4.78 is 45.6. The lowest BCUT2D eigenvalue weighted by atomic mass is 9.92. The highest BCUT2D eigenvalue weighted by atomic mass is 32.2. The predicted molar refractivity (Wildman–Crippen MR) is 129 cm³/mol. The summed E-state index contributed by atoms with van der Waals surface area (Å²) in [5.41, 5.74) is 0.460. The van der Waals surface area contributed by atoms with Crippen LogP contribution < -0.4 is 4.90 Å². The van der Waals surface area contributed by atoms with Crippen LogP contribution in [0.5, 0.6) is 0 Å². The number of amides is 1. The van der Waals surface area contributed by atoms with Gasteiger partial charge in [-0.1, -0.05) is 23.9 Å². The van der Waals surface area contributed by atoms with Gasteiger partial charge in [-0.15, -0.1) is 0 Å². The highest BCUT2D eigenvalue weighted by Gasteiger charge is 2.33. The smallest absolute Gasteiger partial charge is 0.416 e. The number of hydrogen-bond acceptors (Lipinski definition) is 4. The Morgan fingerprint density at radius 2 is 1.71 bits per heavy atom. The summed E-state index contributed by atoms with van der Waals surface area (Å²) in [5, 5.41) is 0. The minimum absolute atomic E-state index is 0.259. The average Bonchev–Trinajstić information content (AvgIpc) is 2.77. The normalized spacial score (nSPS) is 16.8. The molecule has 2 aliphatic heterocycles. The molecule has 0 saturated carbocycles. The summed E-state index contributed by atoms with van der Waals surface area (Å²) in [5.74, 6) is 0.495. The number of halogens is 3. The molecule has 1 amide bonds. The minimum atomic E-state index is -4.37. The van der Waals surface area contributed by atoms with Gasteiger partial charge in [0.1, 0.15) is 5.60 Å². The number of anilines is 2. The van der Waals surface area contributed by atoms with Crippen LogP contribution in [0, 0.1) is 5.92 Å². The first-order valence-corrected chi connectivity index (χ1v) is 12.6. The van der Waals surface area contributed by atoms with Gasteiger partial charge in [0, 0.05) is 29.4 Å². The van der Waals surface area contributed by atoms with Crippen molar-refractivity contribution in [1.29, 1.82) is 0 Å². The van der Waals surface area contributed by atoms with E-state index >= 15 is 0 Å². The number of para-hydroxylation sites is 1. The maximum Gasteiger partial charge on any atom is 0.416 e. The molecule has 1 saturated heterocycles. The molecule has 0 unspecified atom stereocenters. The second kappa shape index (κ2) is 9.72. The van der Waals surface area contributed by atoms with Crippen LogP contribution in [0.4, 0.5) is 29.3 Å². The molecule has 0 aromatic heterocycles. The minimum Gasteiger partial charge on any atom is -0.444 e. The number of fused-ring (bicyclic) bond motifs is 2. The van der Waals surface area contributed by atoms with E-state index in [1.807, 2.05) is 49.9 Å². The Labute approximate surface area is 203 Å². The Kier molecular flexibility index (Phi) is 7.08. The Balaban J connectivity index is 1.39. The zero-order valence-electron chi connectivity index (χ0n) is 19.8. The maximum atomic E-state index is 13.4. The largest absolute Gasteiger partial charge is 0.444 e. The maximum absolute atomic E-state index is 13.4. The second-order valence-electron chi connectivity index (χ2n) is 9.95. The van der Waals surface area contributed by atoms with E-state index in [1.54, 1.807) is 11.0 Å². The number of piperidine rings is 1. The summed E-state index contributed by atoms with van der Waals surface area (Å²) >= 11 is 1.52. The van der Waals surface area contributed by atoms with Crippen molar-refractivity contribution in [2.24, 2.45) is 5.92 Å². The van der Waals surface area contributed by atoms with Crippen LogP contribution >= 0.6 is 11.8 Å². The van der Waals surface area contributed by atoms with Crippen LogP contribution in [-0.4, -0.2) is 36.2 Å². The van der Waals surface area contributed by atoms with Crippen LogP contribution in [-0.2, 0) is 10.9 Å². The molecule has 2 aliphatic rings. The molecule has 184 valence electrons.